The van der Waals surface area contributed by atoms with Crippen LogP contribution in [0.25, 0.3) is 22.2 Å². The molecule has 278 valence electrons. The molecule has 3 heterocycles. The average Bonchev–Trinajstić information content (AvgIpc) is 3.75. The molecule has 6 aromatic rings. The summed E-state index contributed by atoms with van der Waals surface area (Å²) in [7, 11) is 0. The molecule has 2 aliphatic rings. The smallest absolute Gasteiger partial charge is 0.408 e. The van der Waals surface area contributed by atoms with E-state index < -0.39 is 24.3 Å². The van der Waals surface area contributed by atoms with E-state index in [1.54, 1.807) is 0 Å². The van der Waals surface area contributed by atoms with Gasteiger partial charge in [0.25, 0.3) is 5.91 Å². The third-order valence-electron chi connectivity index (χ3n) is 10.1. The Labute approximate surface area is 318 Å². The van der Waals surface area contributed by atoms with Crippen molar-refractivity contribution in [2.45, 2.75) is 63.7 Å². The zero-order chi connectivity index (χ0) is 37.7. The van der Waals surface area contributed by atoms with Gasteiger partial charge >= 0.3 is 6.09 Å². The van der Waals surface area contributed by atoms with Crippen molar-refractivity contribution in [1.29, 1.82) is 0 Å². The summed E-state index contributed by atoms with van der Waals surface area (Å²) in [5.41, 5.74) is 8.02. The molecule has 3 amide bonds. The largest absolute Gasteiger partial charge is 0.445 e. The molecule has 0 saturated carbocycles. The molecule has 2 N–H and O–H groups in total. The van der Waals surface area contributed by atoms with Crippen LogP contribution >= 0.6 is 0 Å². The summed E-state index contributed by atoms with van der Waals surface area (Å²) in [6, 6.07) is 39.7. The molecule has 2 fully saturated rings. The highest BCUT2D eigenvalue weighted by Gasteiger charge is 2.40. The lowest BCUT2D eigenvalue weighted by Crippen LogP contribution is -2.41. The van der Waals surface area contributed by atoms with Gasteiger partial charge in [0.05, 0.1) is 55.7 Å². The number of amides is 3. The zero-order valence-corrected chi connectivity index (χ0v) is 30.0. The Hall–Kier alpha value is -6.14. The minimum atomic E-state index is -0.987. The van der Waals surface area contributed by atoms with Gasteiger partial charge in [0.1, 0.15) is 12.6 Å². The first-order valence-electron chi connectivity index (χ1n) is 18.3. The van der Waals surface area contributed by atoms with Crippen molar-refractivity contribution >= 4 is 28.9 Å². The fourth-order valence-corrected chi connectivity index (χ4v) is 7.17. The first-order chi connectivity index (χ1) is 26.9. The summed E-state index contributed by atoms with van der Waals surface area (Å²) in [4.78, 5) is 44.4. The Morgan fingerprint density at radius 1 is 0.800 bits per heavy atom. The van der Waals surface area contributed by atoms with E-state index in [0.29, 0.717) is 13.0 Å². The van der Waals surface area contributed by atoms with E-state index in [1.807, 2.05) is 128 Å². The molecule has 2 saturated heterocycles. The molecule has 11 heteroatoms. The third-order valence-corrected chi connectivity index (χ3v) is 10.1. The average molecular weight is 737 g/mol. The van der Waals surface area contributed by atoms with E-state index in [1.165, 1.54) is 4.90 Å². The van der Waals surface area contributed by atoms with Gasteiger partial charge in [-0.3, -0.25) is 14.5 Å². The van der Waals surface area contributed by atoms with Crippen molar-refractivity contribution in [1.82, 2.24) is 19.8 Å². The van der Waals surface area contributed by atoms with Gasteiger partial charge in [0.15, 0.2) is 6.29 Å². The van der Waals surface area contributed by atoms with Gasteiger partial charge in [-0.1, -0.05) is 103 Å². The molecule has 0 spiro atoms. The number of nitrogens with zero attached hydrogens (tertiary/aromatic N) is 3. The number of aromatic nitrogens is 2. The number of hydrogen-bond acceptors (Lipinski definition) is 8. The summed E-state index contributed by atoms with van der Waals surface area (Å²) >= 11 is 0. The molecule has 5 aromatic carbocycles. The maximum absolute atomic E-state index is 13.2. The number of aliphatic hydroxyl groups excluding tert-OH is 1. The number of imidazole rings is 1. The van der Waals surface area contributed by atoms with E-state index in [4.69, 9.17) is 14.2 Å². The molecule has 0 radical (unpaired) electrons. The van der Waals surface area contributed by atoms with E-state index in [-0.39, 0.29) is 44.3 Å². The third kappa shape index (κ3) is 8.19. The maximum atomic E-state index is 13.2. The number of imide groups is 1. The van der Waals surface area contributed by atoms with Crippen LogP contribution in [-0.4, -0.2) is 49.6 Å². The van der Waals surface area contributed by atoms with Crippen molar-refractivity contribution in [3.8, 4) is 11.1 Å². The molecular weight excluding hydrogens is 697 g/mol. The number of carbonyl (C=O) groups is 3. The predicted octanol–water partition coefficient (Wildman–Crippen LogP) is 7.00. The first-order valence-corrected chi connectivity index (χ1v) is 18.3. The lowest BCUT2D eigenvalue weighted by molar-refractivity contribution is -0.252. The van der Waals surface area contributed by atoms with Gasteiger partial charge in [-0.05, 0) is 57.6 Å². The van der Waals surface area contributed by atoms with Crippen LogP contribution in [-0.2, 0) is 50.1 Å². The number of carbonyl (C=O) groups excluding carboxylic acids is 3. The molecule has 4 atom stereocenters. The monoisotopic (exact) mass is 736 g/mol. The molecule has 1 aromatic heterocycles. The Morgan fingerprint density at radius 3 is 2.36 bits per heavy atom. The Morgan fingerprint density at radius 2 is 1.55 bits per heavy atom. The fourth-order valence-electron chi connectivity index (χ4n) is 7.17. The number of rotatable bonds is 11. The molecule has 0 bridgehead atoms. The molecular formula is C44H40N4O7. The van der Waals surface area contributed by atoms with E-state index in [0.717, 1.165) is 50.0 Å². The normalized spacial score (nSPS) is 19.8. The Kier molecular flexibility index (Phi) is 10.5. The second-order valence-electron chi connectivity index (χ2n) is 13.8. The highest BCUT2D eigenvalue weighted by Crippen LogP contribution is 2.39. The standard InChI is InChI=1S/C44H40N4O7/c49-26-29-16-18-32(19-17-29)40-22-36(25-47-28-45-37-14-4-5-15-39(37)47)54-43(55-40)35-13-7-12-34(21-35)33-11-6-10-31(20-33)24-48-41(50)23-38(42(48)51)46-44(52)53-27-30-8-2-1-3-9-30/h1-21,28,36,38,40,43,49H,22-27H2,(H,46,52)/t36-,38?,40+,43+/m1/s1. The predicted molar refractivity (Wildman–Crippen MR) is 204 cm³/mol. The SMILES string of the molecule is O=C(NC1CC(=O)N(Cc2cccc(-c3cccc([C@H]4O[C@@H](Cn5cnc6ccccc65)C[C@@H](c5ccc(CO)cc5)O4)c3)c2)C1=O)OCc1ccccc1. The van der Waals surface area contributed by atoms with E-state index in [2.05, 4.69) is 20.9 Å². The number of benzene rings is 5. The van der Waals surface area contributed by atoms with Crippen LogP contribution in [0.4, 0.5) is 4.79 Å². The maximum Gasteiger partial charge on any atom is 0.408 e. The Bertz CT molecular complexity index is 2310. The first kappa shape index (κ1) is 35.9. The highest BCUT2D eigenvalue weighted by molar-refractivity contribution is 6.06. The number of alkyl carbamates (subject to hydrolysis) is 1. The molecule has 2 aliphatic heterocycles. The number of para-hydroxylation sites is 2. The van der Waals surface area contributed by atoms with Crippen molar-refractivity contribution in [3.63, 3.8) is 0 Å². The van der Waals surface area contributed by atoms with Crippen LogP contribution in [0.2, 0.25) is 0 Å². The van der Waals surface area contributed by atoms with E-state index >= 15 is 0 Å². The number of fused-ring (bicyclic) bond motifs is 1. The lowest BCUT2D eigenvalue weighted by atomic mass is 9.98. The minimum absolute atomic E-state index is 0.0315. The van der Waals surface area contributed by atoms with E-state index in [9.17, 15) is 19.5 Å². The van der Waals surface area contributed by atoms with Crippen LogP contribution in [0.15, 0.2) is 134 Å². The number of hydrogen-bond donors (Lipinski definition) is 2. The van der Waals surface area contributed by atoms with Gasteiger partial charge in [0, 0.05) is 12.0 Å². The topological polar surface area (TPSA) is 132 Å². The summed E-state index contributed by atoms with van der Waals surface area (Å²) < 4.78 is 20.7. The van der Waals surface area contributed by atoms with Crippen LogP contribution < -0.4 is 5.32 Å². The summed E-state index contributed by atoms with van der Waals surface area (Å²) in [6.45, 7) is 0.683. The van der Waals surface area contributed by atoms with Crippen LogP contribution in [0.5, 0.6) is 0 Å². The van der Waals surface area contributed by atoms with Gasteiger partial charge in [-0.15, -0.1) is 0 Å². The van der Waals surface area contributed by atoms with Crippen molar-refractivity contribution in [3.05, 3.63) is 162 Å². The van der Waals surface area contributed by atoms with Crippen molar-refractivity contribution in [2.24, 2.45) is 0 Å². The quantitative estimate of drug-likeness (QED) is 0.136. The lowest BCUT2D eigenvalue weighted by Gasteiger charge is -2.36. The summed E-state index contributed by atoms with van der Waals surface area (Å²) in [5.74, 6) is -0.837. The highest BCUT2D eigenvalue weighted by atomic mass is 16.7. The molecule has 8 rings (SSSR count). The van der Waals surface area contributed by atoms with Crippen molar-refractivity contribution < 1.29 is 33.7 Å². The Balaban J connectivity index is 0.972. The second kappa shape index (κ2) is 16.1. The van der Waals surface area contributed by atoms with Crippen LogP contribution in [0.3, 0.4) is 0 Å². The number of aliphatic hydroxyl groups is 1. The van der Waals surface area contributed by atoms with Gasteiger partial charge in [0.2, 0.25) is 5.91 Å². The van der Waals surface area contributed by atoms with Gasteiger partial charge in [-0.25, -0.2) is 9.78 Å². The number of ether oxygens (including phenoxy) is 3. The molecule has 1 unspecified atom stereocenters. The number of likely N-dealkylation sites (tertiary alicyclic amines) is 1. The van der Waals surface area contributed by atoms with Crippen LogP contribution in [0.1, 0.15) is 53.1 Å². The van der Waals surface area contributed by atoms with Gasteiger partial charge < -0.3 is 29.2 Å². The fraction of sp³-hybridized carbons (Fsp3) is 0.227. The molecule has 11 nitrogen and oxygen atoms in total. The summed E-state index contributed by atoms with van der Waals surface area (Å²) in [6.07, 6.45) is 0.483. The van der Waals surface area contributed by atoms with Crippen LogP contribution in [0, 0.1) is 0 Å². The minimum Gasteiger partial charge on any atom is -0.445 e. The zero-order valence-electron chi connectivity index (χ0n) is 30.0. The van der Waals surface area contributed by atoms with Gasteiger partial charge in [-0.2, -0.15) is 0 Å². The van der Waals surface area contributed by atoms with Crippen molar-refractivity contribution in [2.75, 3.05) is 0 Å². The molecule has 0 aliphatic carbocycles. The second-order valence-corrected chi connectivity index (χ2v) is 13.8. The number of nitrogens with one attached hydrogen (secondary N) is 1. The molecule has 55 heavy (non-hydrogen) atoms. The summed E-state index contributed by atoms with van der Waals surface area (Å²) in [5, 5.41) is 12.2.